The van der Waals surface area contributed by atoms with E-state index in [1.807, 2.05) is 30.0 Å². The molecule has 6 heteroatoms. The van der Waals surface area contributed by atoms with Crippen molar-refractivity contribution in [2.45, 2.75) is 4.90 Å². The second-order valence-corrected chi connectivity index (χ2v) is 7.20. The van der Waals surface area contributed by atoms with Crippen LogP contribution in [0.5, 0.6) is 0 Å². The van der Waals surface area contributed by atoms with Gasteiger partial charge in [-0.15, -0.1) is 11.8 Å². The Morgan fingerprint density at radius 2 is 1.96 bits per heavy atom. The van der Waals surface area contributed by atoms with Gasteiger partial charge < -0.3 is 15.1 Å². The Kier molecular flexibility index (Phi) is 5.28. The molecule has 0 bridgehead atoms. The molecule has 0 aliphatic carbocycles. The third kappa shape index (κ3) is 4.14. The molecule has 0 radical (unpaired) electrons. The van der Waals surface area contributed by atoms with Gasteiger partial charge in [-0.2, -0.15) is 0 Å². The molecule has 25 heavy (non-hydrogen) atoms. The van der Waals surface area contributed by atoms with E-state index in [-0.39, 0.29) is 11.8 Å². The summed E-state index contributed by atoms with van der Waals surface area (Å²) in [6.45, 7) is 1.14. The molecule has 2 aromatic carbocycles. The van der Waals surface area contributed by atoms with E-state index in [4.69, 9.17) is 0 Å². The van der Waals surface area contributed by atoms with E-state index in [1.165, 1.54) is 9.80 Å². The number of nitrogens with zero attached hydrogens (tertiary/aromatic N) is 2. The van der Waals surface area contributed by atoms with E-state index in [0.29, 0.717) is 17.8 Å². The van der Waals surface area contributed by atoms with Crippen LogP contribution in [0.3, 0.4) is 0 Å². The van der Waals surface area contributed by atoms with Gasteiger partial charge in [0.05, 0.1) is 12.2 Å². The zero-order valence-corrected chi connectivity index (χ0v) is 15.2. The number of carbonyl (C=O) groups is 2. The van der Waals surface area contributed by atoms with Crippen LogP contribution in [0.4, 0.5) is 11.4 Å². The minimum Gasteiger partial charge on any atom is -0.360 e. The number of thioether (sulfide) groups is 1. The number of nitrogens with one attached hydrogen (secondary N) is 1. The summed E-state index contributed by atoms with van der Waals surface area (Å²) in [7, 11) is 3.42. The van der Waals surface area contributed by atoms with Gasteiger partial charge in [-0.25, -0.2) is 0 Å². The van der Waals surface area contributed by atoms with E-state index in [1.54, 1.807) is 38.4 Å². The minimum atomic E-state index is -0.0869. The molecule has 1 aliphatic heterocycles. The van der Waals surface area contributed by atoms with Gasteiger partial charge in [0.2, 0.25) is 5.91 Å². The molecule has 2 aromatic rings. The summed E-state index contributed by atoms with van der Waals surface area (Å²) in [5, 5.41) is 2.90. The van der Waals surface area contributed by atoms with E-state index < -0.39 is 0 Å². The highest BCUT2D eigenvalue weighted by atomic mass is 32.2. The standard InChI is InChI=1S/C19H21N3O2S/c1-21(2)19(24)14-6-5-7-15(12-14)20-18(23)13-22-10-11-25-17-9-4-3-8-16(17)22/h3-9,12H,10-11,13H2,1-2H3,(H,20,23). The van der Waals surface area contributed by atoms with Crippen molar-refractivity contribution in [2.75, 3.05) is 43.2 Å². The Labute approximate surface area is 152 Å². The van der Waals surface area contributed by atoms with Crippen LogP contribution in [0.25, 0.3) is 0 Å². The number of anilines is 2. The Bertz CT molecular complexity index is 792. The van der Waals surface area contributed by atoms with Gasteiger partial charge >= 0.3 is 0 Å². The molecule has 2 amide bonds. The van der Waals surface area contributed by atoms with Crippen LogP contribution in [0.1, 0.15) is 10.4 Å². The number of hydrogen-bond donors (Lipinski definition) is 1. The summed E-state index contributed by atoms with van der Waals surface area (Å²) in [5.74, 6) is 0.797. The van der Waals surface area contributed by atoms with Crippen molar-refractivity contribution in [2.24, 2.45) is 0 Å². The summed E-state index contributed by atoms with van der Waals surface area (Å²) in [6, 6.07) is 15.2. The summed E-state index contributed by atoms with van der Waals surface area (Å²) in [6.07, 6.45) is 0. The zero-order valence-electron chi connectivity index (χ0n) is 14.4. The van der Waals surface area contributed by atoms with E-state index in [9.17, 15) is 9.59 Å². The largest absolute Gasteiger partial charge is 0.360 e. The average molecular weight is 355 g/mol. The highest BCUT2D eigenvalue weighted by Crippen LogP contribution is 2.34. The molecule has 5 nitrogen and oxygen atoms in total. The maximum absolute atomic E-state index is 12.5. The first-order valence-corrected chi connectivity index (χ1v) is 9.11. The smallest absolute Gasteiger partial charge is 0.253 e. The fraction of sp³-hybridized carbons (Fsp3) is 0.263. The van der Waals surface area contributed by atoms with Crippen LogP contribution < -0.4 is 10.2 Å². The Morgan fingerprint density at radius 1 is 1.16 bits per heavy atom. The molecule has 0 unspecified atom stereocenters. The Balaban J connectivity index is 1.68. The minimum absolute atomic E-state index is 0.0851. The number of para-hydroxylation sites is 1. The predicted molar refractivity (Wildman–Crippen MR) is 102 cm³/mol. The number of carbonyl (C=O) groups excluding carboxylic acids is 2. The summed E-state index contributed by atoms with van der Waals surface area (Å²) >= 11 is 1.82. The fourth-order valence-corrected chi connectivity index (χ4v) is 3.80. The second-order valence-electron chi connectivity index (χ2n) is 6.07. The first kappa shape index (κ1) is 17.4. The van der Waals surface area contributed by atoms with Gasteiger partial charge in [-0.3, -0.25) is 9.59 Å². The molecule has 0 saturated carbocycles. The molecule has 1 aliphatic rings. The van der Waals surface area contributed by atoms with Crippen molar-refractivity contribution in [3.63, 3.8) is 0 Å². The molecular weight excluding hydrogens is 334 g/mol. The van der Waals surface area contributed by atoms with Crippen molar-refractivity contribution in [3.8, 4) is 0 Å². The molecule has 0 fully saturated rings. The van der Waals surface area contributed by atoms with E-state index in [0.717, 1.165) is 18.0 Å². The second kappa shape index (κ2) is 7.61. The zero-order chi connectivity index (χ0) is 17.8. The van der Waals surface area contributed by atoms with Gasteiger partial charge in [0.25, 0.3) is 5.91 Å². The number of rotatable bonds is 4. The van der Waals surface area contributed by atoms with Crippen molar-refractivity contribution in [1.29, 1.82) is 0 Å². The van der Waals surface area contributed by atoms with Crippen LogP contribution in [0.2, 0.25) is 0 Å². The lowest BCUT2D eigenvalue weighted by Gasteiger charge is -2.30. The Morgan fingerprint density at radius 3 is 2.76 bits per heavy atom. The molecule has 0 aromatic heterocycles. The Hall–Kier alpha value is -2.47. The molecule has 0 atom stereocenters. The topological polar surface area (TPSA) is 52.7 Å². The first-order chi connectivity index (χ1) is 12.0. The van der Waals surface area contributed by atoms with Crippen molar-refractivity contribution < 1.29 is 9.59 Å². The molecule has 0 spiro atoms. The van der Waals surface area contributed by atoms with Crippen LogP contribution in [0.15, 0.2) is 53.4 Å². The number of benzene rings is 2. The fourth-order valence-electron chi connectivity index (χ4n) is 2.75. The summed E-state index contributed by atoms with van der Waals surface area (Å²) in [4.78, 5) is 29.3. The molecule has 1 N–H and O–H groups in total. The summed E-state index contributed by atoms with van der Waals surface area (Å²) in [5.41, 5.74) is 2.30. The van der Waals surface area contributed by atoms with Crippen molar-refractivity contribution >= 4 is 35.0 Å². The molecule has 3 rings (SSSR count). The monoisotopic (exact) mass is 355 g/mol. The number of amides is 2. The van der Waals surface area contributed by atoms with Crippen LogP contribution in [0, 0.1) is 0 Å². The lowest BCUT2D eigenvalue weighted by molar-refractivity contribution is -0.115. The lowest BCUT2D eigenvalue weighted by atomic mass is 10.2. The van der Waals surface area contributed by atoms with E-state index in [2.05, 4.69) is 16.3 Å². The first-order valence-electron chi connectivity index (χ1n) is 8.13. The quantitative estimate of drug-likeness (QED) is 0.916. The average Bonchev–Trinajstić information content (AvgIpc) is 2.61. The van der Waals surface area contributed by atoms with Crippen molar-refractivity contribution in [1.82, 2.24) is 4.90 Å². The van der Waals surface area contributed by atoms with Gasteiger partial charge in [0.15, 0.2) is 0 Å². The number of hydrogen-bond acceptors (Lipinski definition) is 4. The van der Waals surface area contributed by atoms with Gasteiger partial charge in [0.1, 0.15) is 0 Å². The summed E-state index contributed by atoms with van der Waals surface area (Å²) < 4.78 is 0. The molecule has 0 saturated heterocycles. The molecular formula is C19H21N3O2S. The molecule has 130 valence electrons. The van der Waals surface area contributed by atoms with Crippen molar-refractivity contribution in [3.05, 3.63) is 54.1 Å². The van der Waals surface area contributed by atoms with Crippen LogP contribution >= 0.6 is 11.8 Å². The highest BCUT2D eigenvalue weighted by molar-refractivity contribution is 7.99. The maximum atomic E-state index is 12.5. The van der Waals surface area contributed by atoms with E-state index >= 15 is 0 Å². The van der Waals surface area contributed by atoms with Gasteiger partial charge in [0, 0.05) is 42.5 Å². The third-order valence-corrected chi connectivity index (χ3v) is 5.00. The van der Waals surface area contributed by atoms with Crippen LogP contribution in [-0.4, -0.2) is 49.7 Å². The highest BCUT2D eigenvalue weighted by Gasteiger charge is 2.19. The van der Waals surface area contributed by atoms with Crippen LogP contribution in [-0.2, 0) is 4.79 Å². The normalized spacial score (nSPS) is 13.1. The van der Waals surface area contributed by atoms with Gasteiger partial charge in [-0.05, 0) is 30.3 Å². The SMILES string of the molecule is CN(C)C(=O)c1cccc(NC(=O)CN2CCSc3ccccc32)c1. The number of fused-ring (bicyclic) bond motifs is 1. The van der Waals surface area contributed by atoms with Gasteiger partial charge in [-0.1, -0.05) is 18.2 Å². The third-order valence-electron chi connectivity index (χ3n) is 3.96. The molecule has 1 heterocycles. The maximum Gasteiger partial charge on any atom is 0.253 e. The predicted octanol–water partition coefficient (Wildman–Crippen LogP) is 2.94. The lowest BCUT2D eigenvalue weighted by Crippen LogP contribution is -2.36.